The molecule has 0 fully saturated rings. The van der Waals surface area contributed by atoms with E-state index in [1.165, 1.54) is 32.4 Å². The first-order valence-corrected chi connectivity index (χ1v) is 12.9. The molecule has 1 heterocycles. The van der Waals surface area contributed by atoms with Gasteiger partial charge in [0.05, 0.1) is 26.7 Å². The molecule has 238 valence electrons. The summed E-state index contributed by atoms with van der Waals surface area (Å²) in [4.78, 5) is 38.3. The van der Waals surface area contributed by atoms with Gasteiger partial charge in [-0.2, -0.15) is 13.2 Å². The van der Waals surface area contributed by atoms with Gasteiger partial charge in [-0.1, -0.05) is 24.3 Å². The van der Waals surface area contributed by atoms with Crippen molar-refractivity contribution in [3.05, 3.63) is 89.9 Å². The van der Waals surface area contributed by atoms with Crippen LogP contribution in [0.15, 0.2) is 72.9 Å². The van der Waals surface area contributed by atoms with E-state index >= 15 is 0 Å². The third-order valence-electron chi connectivity index (χ3n) is 6.33. The van der Waals surface area contributed by atoms with Gasteiger partial charge in [0.2, 0.25) is 5.91 Å². The minimum Gasteiger partial charge on any atom is -0.493 e. The molecule has 0 bridgehead atoms. The van der Waals surface area contributed by atoms with E-state index in [1.807, 2.05) is 6.07 Å². The normalized spacial score (nSPS) is 12.2. The summed E-state index contributed by atoms with van der Waals surface area (Å²) in [6, 6.07) is 15.8. The Balaban J connectivity index is 0.000000707. The van der Waals surface area contributed by atoms with Gasteiger partial charge in [0, 0.05) is 22.8 Å². The number of ether oxygens (including phenoxy) is 2. The summed E-state index contributed by atoms with van der Waals surface area (Å²) in [6.45, 7) is 0. The fourth-order valence-corrected chi connectivity index (χ4v) is 4.22. The number of nitrogens with one attached hydrogen (secondary N) is 2. The molecular weight excluding hydrogens is 604 g/mol. The number of hydrogen-bond acceptors (Lipinski definition) is 8. The van der Waals surface area contributed by atoms with Crippen molar-refractivity contribution >= 4 is 40.1 Å². The van der Waals surface area contributed by atoms with Gasteiger partial charge in [0.1, 0.15) is 17.7 Å². The number of carboxylic acid groups (broad SMARTS) is 2. The Bertz CT molecular complexity index is 1680. The molecule has 3 aromatic carbocycles. The van der Waals surface area contributed by atoms with Gasteiger partial charge < -0.3 is 36.1 Å². The second-order valence-corrected chi connectivity index (χ2v) is 9.31. The van der Waals surface area contributed by atoms with E-state index in [0.29, 0.717) is 28.6 Å². The fourth-order valence-electron chi connectivity index (χ4n) is 4.22. The number of amides is 1. The number of halogens is 4. The van der Waals surface area contributed by atoms with Crippen LogP contribution in [0.1, 0.15) is 29.6 Å². The lowest BCUT2D eigenvalue weighted by molar-refractivity contribution is -0.192. The number of anilines is 2. The minimum absolute atomic E-state index is 0.0722. The number of carbonyl (C=O) groups is 3. The van der Waals surface area contributed by atoms with Gasteiger partial charge in [-0.25, -0.2) is 14.2 Å². The Morgan fingerprint density at radius 2 is 1.62 bits per heavy atom. The highest BCUT2D eigenvalue weighted by atomic mass is 19.4. The summed E-state index contributed by atoms with van der Waals surface area (Å²) in [6.07, 6.45) is -4.00. The number of nitrogens with two attached hydrogens (primary N) is 1. The van der Waals surface area contributed by atoms with Crippen molar-refractivity contribution in [1.82, 2.24) is 10.3 Å². The predicted octanol–water partition coefficient (Wildman–Crippen LogP) is 5.09. The van der Waals surface area contributed by atoms with Gasteiger partial charge >= 0.3 is 18.1 Å². The van der Waals surface area contributed by atoms with E-state index in [9.17, 15) is 32.3 Å². The number of carboxylic acids is 2. The van der Waals surface area contributed by atoms with Crippen LogP contribution in [-0.2, 0) is 14.4 Å². The van der Waals surface area contributed by atoms with Crippen LogP contribution in [0.5, 0.6) is 11.5 Å². The maximum Gasteiger partial charge on any atom is 0.490 e. The number of methoxy groups -OCH3 is 2. The third-order valence-corrected chi connectivity index (χ3v) is 6.33. The van der Waals surface area contributed by atoms with Crippen molar-refractivity contribution in [2.45, 2.75) is 24.7 Å². The van der Waals surface area contributed by atoms with Crippen molar-refractivity contribution in [3.63, 3.8) is 0 Å². The van der Waals surface area contributed by atoms with E-state index in [2.05, 4.69) is 15.6 Å². The van der Waals surface area contributed by atoms with Crippen molar-refractivity contribution in [2.75, 3.05) is 25.3 Å². The number of nitrogen functional groups attached to an aromatic ring is 1. The molecule has 0 aliphatic carbocycles. The lowest BCUT2D eigenvalue weighted by Crippen LogP contribution is -2.37. The third kappa shape index (κ3) is 8.95. The van der Waals surface area contributed by atoms with Gasteiger partial charge in [0.15, 0.2) is 11.5 Å². The molecule has 0 saturated carbocycles. The number of pyridine rings is 1. The highest BCUT2D eigenvalue weighted by Crippen LogP contribution is 2.33. The van der Waals surface area contributed by atoms with Gasteiger partial charge in [-0.15, -0.1) is 0 Å². The highest BCUT2D eigenvalue weighted by Gasteiger charge is 2.38. The van der Waals surface area contributed by atoms with Gasteiger partial charge in [-0.3, -0.25) is 9.59 Å². The van der Waals surface area contributed by atoms with E-state index in [-0.39, 0.29) is 5.56 Å². The Kier molecular flexibility index (Phi) is 11.1. The van der Waals surface area contributed by atoms with Crippen LogP contribution >= 0.6 is 0 Å². The summed E-state index contributed by atoms with van der Waals surface area (Å²) < 4.78 is 57.0. The van der Waals surface area contributed by atoms with Crippen molar-refractivity contribution in [2.24, 2.45) is 0 Å². The fraction of sp³-hybridized carbons (Fsp3) is 0.200. The average Bonchev–Trinajstić information content (AvgIpc) is 2.99. The van der Waals surface area contributed by atoms with Crippen molar-refractivity contribution in [3.8, 4) is 11.5 Å². The first kappa shape index (κ1) is 33.9. The average molecular weight is 633 g/mol. The second kappa shape index (κ2) is 14.7. The minimum atomic E-state index is -5.08. The number of aliphatic carboxylic acids is 2. The summed E-state index contributed by atoms with van der Waals surface area (Å²) in [5.74, 6) is -3.87. The monoisotopic (exact) mass is 632 g/mol. The Morgan fingerprint density at radius 3 is 2.22 bits per heavy atom. The van der Waals surface area contributed by atoms with Crippen LogP contribution in [0.4, 0.5) is 29.1 Å². The Morgan fingerprint density at radius 1 is 0.956 bits per heavy atom. The molecule has 45 heavy (non-hydrogen) atoms. The Hall–Kier alpha value is -5.60. The van der Waals surface area contributed by atoms with Crippen LogP contribution in [0.3, 0.4) is 0 Å². The van der Waals surface area contributed by atoms with Gasteiger partial charge in [-0.05, 0) is 53.4 Å². The molecule has 0 aliphatic heterocycles. The summed E-state index contributed by atoms with van der Waals surface area (Å²) >= 11 is 0. The Labute approximate surface area is 253 Å². The molecule has 4 aromatic rings. The highest BCUT2D eigenvalue weighted by molar-refractivity contribution is 5.94. The summed E-state index contributed by atoms with van der Waals surface area (Å²) in [5.41, 5.74) is 7.15. The summed E-state index contributed by atoms with van der Waals surface area (Å²) in [7, 11) is 2.98. The van der Waals surface area contributed by atoms with Crippen LogP contribution in [0.25, 0.3) is 10.8 Å². The number of benzene rings is 3. The molecule has 15 heteroatoms. The summed E-state index contributed by atoms with van der Waals surface area (Å²) in [5, 5.41) is 24.1. The molecule has 2 atom stereocenters. The molecule has 0 radical (unpaired) electrons. The predicted molar refractivity (Wildman–Crippen MR) is 155 cm³/mol. The molecule has 0 spiro atoms. The second-order valence-electron chi connectivity index (χ2n) is 9.31. The van der Waals surface area contributed by atoms with Crippen molar-refractivity contribution < 1.29 is 51.6 Å². The van der Waals surface area contributed by atoms with Crippen LogP contribution in [0.2, 0.25) is 0 Å². The molecule has 6 N–H and O–H groups in total. The maximum absolute atomic E-state index is 14.6. The smallest absolute Gasteiger partial charge is 0.490 e. The maximum atomic E-state index is 14.6. The van der Waals surface area contributed by atoms with E-state index < -0.39 is 48.3 Å². The number of aromatic nitrogens is 1. The molecule has 0 aliphatic rings. The molecule has 1 aromatic heterocycles. The van der Waals surface area contributed by atoms with E-state index in [0.717, 1.165) is 10.8 Å². The number of nitrogens with zero attached hydrogens (tertiary/aromatic N) is 1. The molecule has 1 amide bonds. The van der Waals surface area contributed by atoms with Crippen LogP contribution in [-0.4, -0.2) is 53.4 Å². The van der Waals surface area contributed by atoms with Crippen LogP contribution in [0, 0.1) is 5.82 Å². The molecule has 1 unspecified atom stereocenters. The largest absolute Gasteiger partial charge is 0.493 e. The van der Waals surface area contributed by atoms with E-state index in [1.54, 1.807) is 48.7 Å². The standard InChI is InChI=1S/C28H27FN4O5.C2HF3O2/c1-37-23-10-7-17(14-24(23)38-2)26(32-18-8-9-19-16(13-18)11-12-31-27(19)30)28(36)33-22(15-25(34)35)20-5-3-4-6-21(20)29;3-2(4,5)1(6)7/h3-14,22,26,32H,15H2,1-2H3,(H2,30,31)(H,33,36)(H,34,35);(H,6,7)/t22-,26?;/m1./s1. The number of carbonyl (C=O) groups excluding carboxylic acids is 1. The molecule has 11 nitrogen and oxygen atoms in total. The van der Waals surface area contributed by atoms with Gasteiger partial charge in [0.25, 0.3) is 0 Å². The lowest BCUT2D eigenvalue weighted by atomic mass is 10.00. The quantitative estimate of drug-likeness (QED) is 0.148. The zero-order valence-electron chi connectivity index (χ0n) is 23.8. The van der Waals surface area contributed by atoms with E-state index in [4.69, 9.17) is 25.1 Å². The first-order chi connectivity index (χ1) is 21.2. The number of rotatable bonds is 10. The molecule has 0 saturated heterocycles. The number of hydrogen-bond donors (Lipinski definition) is 5. The van der Waals surface area contributed by atoms with Crippen LogP contribution < -0.4 is 25.8 Å². The number of alkyl halides is 3. The zero-order valence-corrected chi connectivity index (χ0v) is 23.8. The number of fused-ring (bicyclic) bond motifs is 1. The lowest BCUT2D eigenvalue weighted by Gasteiger charge is -2.25. The molecular formula is C30H28F4N4O7. The topological polar surface area (TPSA) is 173 Å². The first-order valence-electron chi connectivity index (χ1n) is 12.9. The zero-order chi connectivity index (χ0) is 33.3. The van der Waals surface area contributed by atoms with Crippen molar-refractivity contribution in [1.29, 1.82) is 0 Å². The SMILES string of the molecule is COc1ccc(C(Nc2ccc3c(N)nccc3c2)C(=O)N[C@H](CC(=O)O)c2ccccc2F)cc1OC.O=C(O)C(F)(F)F. The molecule has 4 rings (SSSR count).